The molecule has 3 amide bonds. The van der Waals surface area contributed by atoms with Crippen LogP contribution < -0.4 is 15.0 Å². The number of esters is 1. The predicted octanol–water partition coefficient (Wildman–Crippen LogP) is 3.59. The Balaban J connectivity index is 1.48. The average Bonchev–Trinajstić information content (AvgIpc) is 3.13. The van der Waals surface area contributed by atoms with E-state index in [0.29, 0.717) is 0 Å². The molecule has 0 fully saturated rings. The standard InChI is InChI=1S/C25H19N3O8/c1-14(22(29)26-20-13-17(28(33)34)10-11-21(20)35-2)36-25(32)15-6-5-7-16(12-15)27-23(30)18-8-3-4-9-19(18)24(27)31/h3-14H,1-2H3,(H,26,29)/t14-/m1/s1. The second-order valence-corrected chi connectivity index (χ2v) is 7.72. The highest BCUT2D eigenvalue weighted by Gasteiger charge is 2.36. The lowest BCUT2D eigenvalue weighted by Crippen LogP contribution is -2.31. The van der Waals surface area contributed by atoms with Crippen LogP contribution >= 0.6 is 0 Å². The molecule has 0 unspecified atom stereocenters. The molecule has 1 atom stereocenters. The van der Waals surface area contributed by atoms with Crippen molar-refractivity contribution in [1.29, 1.82) is 0 Å². The molecule has 0 saturated heterocycles. The lowest BCUT2D eigenvalue weighted by molar-refractivity contribution is -0.384. The molecule has 0 saturated carbocycles. The zero-order valence-corrected chi connectivity index (χ0v) is 19.1. The number of nitrogens with one attached hydrogen (secondary N) is 1. The van der Waals surface area contributed by atoms with E-state index in [0.717, 1.165) is 11.0 Å². The molecule has 0 bridgehead atoms. The molecular formula is C25H19N3O8. The fourth-order valence-electron chi connectivity index (χ4n) is 3.62. The van der Waals surface area contributed by atoms with Crippen LogP contribution in [0.5, 0.6) is 5.75 Å². The summed E-state index contributed by atoms with van der Waals surface area (Å²) in [6.07, 6.45) is -1.29. The number of carbonyl (C=O) groups excluding carboxylic acids is 4. The number of benzene rings is 3. The smallest absolute Gasteiger partial charge is 0.338 e. The molecule has 11 nitrogen and oxygen atoms in total. The Kier molecular flexibility index (Phi) is 6.46. The number of nitro benzene ring substituents is 1. The average molecular weight is 489 g/mol. The fraction of sp³-hybridized carbons (Fsp3) is 0.120. The van der Waals surface area contributed by atoms with E-state index in [9.17, 15) is 29.3 Å². The monoisotopic (exact) mass is 489 g/mol. The molecule has 0 radical (unpaired) electrons. The number of nitro groups is 1. The van der Waals surface area contributed by atoms with Gasteiger partial charge in [0.15, 0.2) is 6.10 Å². The molecule has 0 aromatic heterocycles. The summed E-state index contributed by atoms with van der Waals surface area (Å²) in [7, 11) is 1.33. The van der Waals surface area contributed by atoms with E-state index >= 15 is 0 Å². The molecule has 3 aromatic rings. The highest BCUT2D eigenvalue weighted by molar-refractivity contribution is 6.34. The molecule has 4 rings (SSSR count). The van der Waals surface area contributed by atoms with Crippen LogP contribution in [0.3, 0.4) is 0 Å². The van der Waals surface area contributed by atoms with E-state index in [4.69, 9.17) is 9.47 Å². The van der Waals surface area contributed by atoms with Crippen molar-refractivity contribution in [3.63, 3.8) is 0 Å². The van der Waals surface area contributed by atoms with Gasteiger partial charge in [-0.05, 0) is 43.3 Å². The number of rotatable bonds is 7. The van der Waals surface area contributed by atoms with Crippen LogP contribution in [0.1, 0.15) is 38.0 Å². The number of hydrogen-bond donors (Lipinski definition) is 1. The van der Waals surface area contributed by atoms with Crippen molar-refractivity contribution in [1.82, 2.24) is 0 Å². The minimum Gasteiger partial charge on any atom is -0.495 e. The summed E-state index contributed by atoms with van der Waals surface area (Å²) in [6.45, 7) is 1.32. The van der Waals surface area contributed by atoms with Gasteiger partial charge in [-0.3, -0.25) is 24.5 Å². The lowest BCUT2D eigenvalue weighted by atomic mass is 10.1. The SMILES string of the molecule is COc1ccc([N+](=O)[O-])cc1NC(=O)[C@@H](C)OC(=O)c1cccc(N2C(=O)c3ccccc3C2=O)c1. The molecule has 0 spiro atoms. The number of hydrogen-bond acceptors (Lipinski definition) is 8. The Labute approximate surface area is 204 Å². The Morgan fingerprint density at radius 3 is 2.25 bits per heavy atom. The van der Waals surface area contributed by atoms with Gasteiger partial charge < -0.3 is 14.8 Å². The van der Waals surface area contributed by atoms with E-state index in [1.807, 2.05) is 0 Å². The first-order valence-corrected chi connectivity index (χ1v) is 10.6. The molecule has 3 aromatic carbocycles. The van der Waals surface area contributed by atoms with Gasteiger partial charge in [0.2, 0.25) is 0 Å². The van der Waals surface area contributed by atoms with Gasteiger partial charge >= 0.3 is 5.97 Å². The van der Waals surface area contributed by atoms with Gasteiger partial charge in [-0.15, -0.1) is 0 Å². The Morgan fingerprint density at radius 1 is 0.972 bits per heavy atom. The van der Waals surface area contributed by atoms with Crippen LogP contribution in [-0.2, 0) is 9.53 Å². The molecule has 36 heavy (non-hydrogen) atoms. The maximum atomic E-state index is 12.7. The van der Waals surface area contributed by atoms with E-state index < -0.39 is 34.7 Å². The van der Waals surface area contributed by atoms with Crippen molar-refractivity contribution in [2.75, 3.05) is 17.3 Å². The molecule has 1 aliphatic heterocycles. The minimum atomic E-state index is -1.29. The summed E-state index contributed by atoms with van der Waals surface area (Å²) >= 11 is 0. The third-order valence-corrected chi connectivity index (χ3v) is 5.44. The summed E-state index contributed by atoms with van der Waals surface area (Å²) in [5, 5.41) is 13.5. The third-order valence-electron chi connectivity index (χ3n) is 5.44. The number of anilines is 2. The number of fused-ring (bicyclic) bond motifs is 1. The summed E-state index contributed by atoms with van der Waals surface area (Å²) in [5.74, 6) is -2.47. The zero-order valence-electron chi connectivity index (χ0n) is 19.1. The molecule has 11 heteroatoms. The molecule has 1 N–H and O–H groups in total. The number of amides is 3. The second kappa shape index (κ2) is 9.66. The fourth-order valence-corrected chi connectivity index (χ4v) is 3.62. The Morgan fingerprint density at radius 2 is 1.64 bits per heavy atom. The lowest BCUT2D eigenvalue weighted by Gasteiger charge is -2.17. The van der Waals surface area contributed by atoms with Crippen LogP contribution in [0.2, 0.25) is 0 Å². The van der Waals surface area contributed by atoms with Crippen LogP contribution in [0, 0.1) is 10.1 Å². The Bertz CT molecular complexity index is 1380. The largest absolute Gasteiger partial charge is 0.495 e. The van der Waals surface area contributed by atoms with E-state index in [2.05, 4.69) is 5.32 Å². The van der Waals surface area contributed by atoms with Crippen LogP contribution in [0.25, 0.3) is 0 Å². The number of non-ortho nitro benzene ring substituents is 1. The van der Waals surface area contributed by atoms with E-state index in [-0.39, 0.29) is 39.5 Å². The number of nitrogens with zero attached hydrogens (tertiary/aromatic N) is 2. The van der Waals surface area contributed by atoms with Crippen molar-refractivity contribution in [3.05, 3.63) is 93.5 Å². The van der Waals surface area contributed by atoms with E-state index in [1.54, 1.807) is 24.3 Å². The summed E-state index contributed by atoms with van der Waals surface area (Å²) in [6, 6.07) is 15.8. The van der Waals surface area contributed by atoms with Gasteiger partial charge in [0.1, 0.15) is 5.75 Å². The highest BCUT2D eigenvalue weighted by Crippen LogP contribution is 2.30. The minimum absolute atomic E-state index is 0.0108. The van der Waals surface area contributed by atoms with Crippen molar-refractivity contribution >= 4 is 40.8 Å². The first-order valence-electron chi connectivity index (χ1n) is 10.6. The van der Waals surface area contributed by atoms with Gasteiger partial charge in [-0.25, -0.2) is 9.69 Å². The van der Waals surface area contributed by atoms with Gasteiger partial charge in [-0.2, -0.15) is 0 Å². The summed E-state index contributed by atoms with van der Waals surface area (Å²) in [4.78, 5) is 62.2. The first-order chi connectivity index (χ1) is 17.2. The molecule has 1 heterocycles. The van der Waals surface area contributed by atoms with Crippen LogP contribution in [0.4, 0.5) is 17.1 Å². The summed E-state index contributed by atoms with van der Waals surface area (Å²) < 4.78 is 10.3. The van der Waals surface area contributed by atoms with Crippen molar-refractivity contribution in [3.8, 4) is 5.75 Å². The number of imide groups is 1. The van der Waals surface area contributed by atoms with Gasteiger partial charge in [0, 0.05) is 12.1 Å². The maximum absolute atomic E-state index is 12.7. The van der Waals surface area contributed by atoms with Gasteiger partial charge in [-0.1, -0.05) is 18.2 Å². The maximum Gasteiger partial charge on any atom is 0.338 e. The van der Waals surface area contributed by atoms with Crippen LogP contribution in [0.15, 0.2) is 66.7 Å². The molecule has 0 aliphatic carbocycles. The molecule has 1 aliphatic rings. The van der Waals surface area contributed by atoms with Crippen molar-refractivity contribution in [2.45, 2.75) is 13.0 Å². The second-order valence-electron chi connectivity index (χ2n) is 7.72. The van der Waals surface area contributed by atoms with E-state index in [1.165, 1.54) is 50.4 Å². The normalized spacial score (nSPS) is 13.1. The molecular weight excluding hydrogens is 470 g/mol. The predicted molar refractivity (Wildman–Crippen MR) is 127 cm³/mol. The number of methoxy groups -OCH3 is 1. The van der Waals surface area contributed by atoms with Gasteiger partial charge in [0.05, 0.1) is 40.1 Å². The number of carbonyl (C=O) groups is 4. The third kappa shape index (κ3) is 4.49. The van der Waals surface area contributed by atoms with Crippen molar-refractivity contribution < 1.29 is 33.6 Å². The van der Waals surface area contributed by atoms with Gasteiger partial charge in [0.25, 0.3) is 23.4 Å². The quantitative estimate of drug-likeness (QED) is 0.229. The topological polar surface area (TPSA) is 145 Å². The number of ether oxygens (including phenoxy) is 2. The summed E-state index contributed by atoms with van der Waals surface area (Å²) in [5.41, 5.74) is 0.480. The van der Waals surface area contributed by atoms with Crippen LogP contribution in [-0.4, -0.2) is 41.8 Å². The Hall–Kier alpha value is -5.06. The first kappa shape index (κ1) is 24.1. The zero-order chi connectivity index (χ0) is 26.0. The molecule has 182 valence electrons. The highest BCUT2D eigenvalue weighted by atomic mass is 16.6. The van der Waals surface area contributed by atoms with Crippen molar-refractivity contribution in [2.24, 2.45) is 0 Å².